The molecule has 4 nitrogen and oxygen atoms in total. The molecule has 1 amide bonds. The summed E-state index contributed by atoms with van der Waals surface area (Å²) >= 11 is 8.22. The fourth-order valence-corrected chi connectivity index (χ4v) is 5.85. The molecule has 0 aliphatic rings. The van der Waals surface area contributed by atoms with Crippen LogP contribution in [0.3, 0.4) is 0 Å². The molecule has 0 bridgehead atoms. The van der Waals surface area contributed by atoms with Gasteiger partial charge < -0.3 is 26.6 Å². The van der Waals surface area contributed by atoms with E-state index in [1.54, 1.807) is 18.3 Å². The number of unbranched alkanes of at least 4 members (excludes halogenated alkanes) is 11. The number of anilines is 1. The normalized spacial score (nSPS) is 10.8. The third-order valence-electron chi connectivity index (χ3n) is 7.40. The first-order valence-electron chi connectivity index (χ1n) is 15.3. The zero-order chi connectivity index (χ0) is 28.4. The van der Waals surface area contributed by atoms with Crippen molar-refractivity contribution in [2.45, 2.75) is 104 Å². The van der Waals surface area contributed by atoms with Crippen LogP contribution in [0.5, 0.6) is 5.75 Å². The molecule has 0 saturated heterocycles. The Morgan fingerprint density at radius 3 is 2.05 bits per heavy atom. The zero-order valence-corrected chi connectivity index (χ0v) is 28.1. The number of rotatable bonds is 20. The van der Waals surface area contributed by atoms with Gasteiger partial charge in [-0.1, -0.05) is 119 Å². The second kappa shape index (κ2) is 20.9. The molecule has 3 aromatic rings. The minimum atomic E-state index is 0. The van der Waals surface area contributed by atoms with E-state index in [2.05, 4.69) is 46.8 Å². The van der Waals surface area contributed by atoms with Crippen molar-refractivity contribution in [3.05, 3.63) is 75.7 Å². The summed E-state index contributed by atoms with van der Waals surface area (Å²) in [6.45, 7) is 6.03. The van der Waals surface area contributed by atoms with Crippen LogP contribution in [0.1, 0.15) is 102 Å². The van der Waals surface area contributed by atoms with Crippen LogP contribution in [-0.2, 0) is 17.8 Å². The molecule has 0 aliphatic carbocycles. The molecule has 0 saturated carbocycles. The molecular formula is C34H48BrClN2O2S. The first-order chi connectivity index (χ1) is 19.6. The second-order valence-electron chi connectivity index (χ2n) is 10.8. The average molecular weight is 664 g/mol. The molecule has 0 N–H and O–H groups in total. The number of ether oxygens (including phenoxy) is 1. The lowest BCUT2D eigenvalue weighted by molar-refractivity contribution is -0.683. The van der Waals surface area contributed by atoms with Crippen molar-refractivity contribution in [3.8, 4) is 5.75 Å². The van der Waals surface area contributed by atoms with E-state index in [9.17, 15) is 4.79 Å². The number of carbonyl (C=O) groups is 1. The van der Waals surface area contributed by atoms with Gasteiger partial charge >= 0.3 is 0 Å². The highest BCUT2D eigenvalue weighted by Gasteiger charge is 2.13. The van der Waals surface area contributed by atoms with Crippen LogP contribution in [0.2, 0.25) is 5.02 Å². The van der Waals surface area contributed by atoms with Gasteiger partial charge in [0.2, 0.25) is 11.4 Å². The van der Waals surface area contributed by atoms with Gasteiger partial charge in [-0.15, -0.1) is 0 Å². The smallest absolute Gasteiger partial charge is 0.224 e. The SMILES string of the molecule is CCCCCCCCCCCCCCOc1ccc(CCN(C(C)=O)c2ccc(C[n+]3ccsc3)cc2)cc1Cl.[Br-]. The largest absolute Gasteiger partial charge is 1.00 e. The third kappa shape index (κ3) is 13.8. The molecule has 0 radical (unpaired) electrons. The Morgan fingerprint density at radius 1 is 0.878 bits per heavy atom. The van der Waals surface area contributed by atoms with Crippen molar-refractivity contribution < 1.29 is 31.1 Å². The van der Waals surface area contributed by atoms with E-state index in [1.807, 2.05) is 29.2 Å². The van der Waals surface area contributed by atoms with Crippen LogP contribution in [0.4, 0.5) is 5.69 Å². The van der Waals surface area contributed by atoms with Gasteiger partial charge in [-0.05, 0) is 42.7 Å². The molecule has 0 atom stereocenters. The summed E-state index contributed by atoms with van der Waals surface area (Å²) in [6, 6.07) is 14.2. The number of amides is 1. The summed E-state index contributed by atoms with van der Waals surface area (Å²) in [6.07, 6.45) is 18.8. The topological polar surface area (TPSA) is 33.4 Å². The van der Waals surface area contributed by atoms with E-state index < -0.39 is 0 Å². The lowest BCUT2D eigenvalue weighted by Gasteiger charge is -2.21. The van der Waals surface area contributed by atoms with E-state index in [0.29, 0.717) is 18.2 Å². The number of hydrogen-bond acceptors (Lipinski definition) is 3. The summed E-state index contributed by atoms with van der Waals surface area (Å²) in [5, 5.41) is 2.71. The van der Waals surface area contributed by atoms with Crippen LogP contribution in [0.15, 0.2) is 59.6 Å². The number of hydrogen-bond donors (Lipinski definition) is 0. The minimum absolute atomic E-state index is 0. The van der Waals surface area contributed by atoms with Gasteiger partial charge in [0.25, 0.3) is 0 Å². The molecule has 226 valence electrons. The molecule has 41 heavy (non-hydrogen) atoms. The lowest BCUT2D eigenvalue weighted by Crippen LogP contribution is -3.00. The van der Waals surface area contributed by atoms with E-state index in [4.69, 9.17) is 16.3 Å². The summed E-state index contributed by atoms with van der Waals surface area (Å²) in [4.78, 5) is 14.2. The standard InChI is InChI=1S/C34H48ClN2O2S.BrH/c1-3-4-5-6-7-8-9-10-11-12-13-14-24-39-34-20-17-30(26-33(34)35)21-22-37(29(2)38)32-18-15-31(16-19-32)27-36-23-25-40-28-36;/h15-20,23,25-26,28H,3-14,21-22,24,27H2,1-2H3;1H/q+1;/p-1. The molecule has 2 aromatic carbocycles. The number of benzene rings is 2. The van der Waals surface area contributed by atoms with Gasteiger partial charge in [0.1, 0.15) is 5.75 Å². The maximum Gasteiger partial charge on any atom is 0.224 e. The second-order valence-corrected chi connectivity index (χ2v) is 12.0. The summed E-state index contributed by atoms with van der Waals surface area (Å²) < 4.78 is 8.12. The van der Waals surface area contributed by atoms with Crippen LogP contribution in [0.25, 0.3) is 0 Å². The highest BCUT2D eigenvalue weighted by atomic mass is 79.9. The molecular weight excluding hydrogens is 616 g/mol. The molecule has 7 heteroatoms. The van der Waals surface area contributed by atoms with Crippen molar-refractivity contribution >= 4 is 34.5 Å². The Hall–Kier alpha value is -1.89. The van der Waals surface area contributed by atoms with Crippen LogP contribution in [-0.4, -0.2) is 19.1 Å². The van der Waals surface area contributed by atoms with Crippen molar-refractivity contribution in [1.82, 2.24) is 0 Å². The zero-order valence-electron chi connectivity index (χ0n) is 25.0. The van der Waals surface area contributed by atoms with E-state index in [-0.39, 0.29) is 22.9 Å². The molecule has 0 spiro atoms. The molecule has 0 fully saturated rings. The number of carbonyl (C=O) groups excluding carboxylic acids is 1. The summed E-state index contributed by atoms with van der Waals surface area (Å²) in [5.41, 5.74) is 5.32. The Morgan fingerprint density at radius 2 is 1.49 bits per heavy atom. The van der Waals surface area contributed by atoms with Crippen LogP contribution in [0, 0.1) is 0 Å². The molecule has 0 unspecified atom stereocenters. The maximum atomic E-state index is 12.4. The Balaban J connectivity index is 0.00000588. The summed E-state index contributed by atoms with van der Waals surface area (Å²) in [5.74, 6) is 0.782. The number of halogens is 2. The van der Waals surface area contributed by atoms with E-state index in [0.717, 1.165) is 36.4 Å². The third-order valence-corrected chi connectivity index (χ3v) is 8.36. The molecule has 0 aliphatic heterocycles. The Kier molecular flexibility index (Phi) is 18.0. The highest BCUT2D eigenvalue weighted by molar-refractivity contribution is 7.07. The van der Waals surface area contributed by atoms with Gasteiger partial charge in [-0.3, -0.25) is 4.79 Å². The van der Waals surface area contributed by atoms with Crippen molar-refractivity contribution in [2.75, 3.05) is 18.1 Å². The van der Waals surface area contributed by atoms with Crippen molar-refractivity contribution in [3.63, 3.8) is 0 Å². The monoisotopic (exact) mass is 662 g/mol. The van der Waals surface area contributed by atoms with Crippen molar-refractivity contribution in [1.29, 1.82) is 0 Å². The van der Waals surface area contributed by atoms with Gasteiger partial charge in [0.15, 0.2) is 12.7 Å². The van der Waals surface area contributed by atoms with Gasteiger partial charge in [0, 0.05) is 24.7 Å². The first-order valence-corrected chi connectivity index (χ1v) is 16.6. The Bertz CT molecular complexity index is 1110. The lowest BCUT2D eigenvalue weighted by atomic mass is 10.1. The van der Waals surface area contributed by atoms with Crippen LogP contribution >= 0.6 is 22.9 Å². The minimum Gasteiger partial charge on any atom is -1.00 e. The van der Waals surface area contributed by atoms with E-state index in [1.165, 1.54) is 76.2 Å². The summed E-state index contributed by atoms with van der Waals surface area (Å²) in [7, 11) is 0. The number of aromatic nitrogens is 1. The predicted octanol–water partition coefficient (Wildman–Crippen LogP) is 6.42. The van der Waals surface area contributed by atoms with Crippen LogP contribution < -0.4 is 31.2 Å². The molecule has 1 aromatic heterocycles. The number of thiazole rings is 1. The molecule has 1 heterocycles. The maximum absolute atomic E-state index is 12.4. The first kappa shape index (κ1) is 35.3. The van der Waals surface area contributed by atoms with Crippen molar-refractivity contribution in [2.24, 2.45) is 0 Å². The fourth-order valence-electron chi connectivity index (χ4n) is 5.00. The van der Waals surface area contributed by atoms with Gasteiger partial charge in [-0.25, -0.2) is 0 Å². The highest BCUT2D eigenvalue weighted by Crippen LogP contribution is 2.26. The van der Waals surface area contributed by atoms with E-state index >= 15 is 0 Å². The average Bonchev–Trinajstić information content (AvgIpc) is 3.46. The Labute approximate surface area is 267 Å². The number of nitrogens with zero attached hydrogens (tertiary/aromatic N) is 2. The predicted molar refractivity (Wildman–Crippen MR) is 170 cm³/mol. The molecule has 3 rings (SSSR count). The fraction of sp³-hybridized carbons (Fsp3) is 0.529. The van der Waals surface area contributed by atoms with Gasteiger partial charge in [-0.2, -0.15) is 4.57 Å². The quantitative estimate of drug-likeness (QED) is 0.103. The van der Waals surface area contributed by atoms with Gasteiger partial charge in [0.05, 0.1) is 17.0 Å².